The zero-order valence-corrected chi connectivity index (χ0v) is 12.6. The predicted molar refractivity (Wildman–Crippen MR) is 77.2 cm³/mol. The van der Waals surface area contributed by atoms with Crippen LogP contribution in [0, 0.1) is 0 Å². The molecule has 1 aromatic rings. The molecule has 1 aromatic carbocycles. The minimum Gasteiger partial charge on any atom is -0.494 e. The van der Waals surface area contributed by atoms with Crippen LogP contribution in [0.2, 0.25) is 0 Å². The molecule has 1 saturated carbocycles. The molecule has 2 N–H and O–H groups in total. The van der Waals surface area contributed by atoms with Crippen molar-refractivity contribution in [3.8, 4) is 5.75 Å². The maximum absolute atomic E-state index is 11.3. The number of benzene rings is 1. The van der Waals surface area contributed by atoms with Gasteiger partial charge in [-0.15, -0.1) is 0 Å². The van der Waals surface area contributed by atoms with Crippen LogP contribution in [0.5, 0.6) is 5.75 Å². The maximum Gasteiger partial charge on any atom is 0.320 e. The van der Waals surface area contributed by atoms with Crippen LogP contribution in [0.1, 0.15) is 19.3 Å². The molecule has 0 bridgehead atoms. The number of aliphatic carboxylic acids is 1. The lowest BCUT2D eigenvalue weighted by Crippen LogP contribution is -2.39. The number of carbonyl (C=O) groups is 1. The van der Waals surface area contributed by atoms with E-state index in [1.807, 2.05) is 0 Å². The van der Waals surface area contributed by atoms with Crippen LogP contribution in [-0.4, -0.2) is 44.4 Å². The summed E-state index contributed by atoms with van der Waals surface area (Å²) < 4.78 is 28.1. The van der Waals surface area contributed by atoms with E-state index in [0.29, 0.717) is 18.2 Å². The summed E-state index contributed by atoms with van der Waals surface area (Å²) >= 11 is 0. The standard InChI is InChI=1S/C14H19NO5S/c1-21(18,19)12-6-4-11(5-7-12)20-9-8-13(14(16)17)15-10-2-3-10/h4-7,10,13,15H,2-3,8-9H2,1H3,(H,16,17). The third-order valence-corrected chi connectivity index (χ3v) is 4.37. The summed E-state index contributed by atoms with van der Waals surface area (Å²) in [6, 6.07) is 5.80. The fraction of sp³-hybridized carbons (Fsp3) is 0.500. The van der Waals surface area contributed by atoms with Crippen molar-refractivity contribution >= 4 is 15.8 Å². The van der Waals surface area contributed by atoms with Gasteiger partial charge in [-0.2, -0.15) is 0 Å². The molecular weight excluding hydrogens is 294 g/mol. The van der Waals surface area contributed by atoms with E-state index < -0.39 is 21.8 Å². The average Bonchev–Trinajstić information content (AvgIpc) is 3.21. The van der Waals surface area contributed by atoms with E-state index in [9.17, 15) is 13.2 Å². The Morgan fingerprint density at radius 2 is 2.00 bits per heavy atom. The van der Waals surface area contributed by atoms with E-state index in [-0.39, 0.29) is 11.5 Å². The molecule has 1 aliphatic rings. The van der Waals surface area contributed by atoms with Crippen LogP contribution < -0.4 is 10.1 Å². The quantitative estimate of drug-likeness (QED) is 0.745. The molecule has 21 heavy (non-hydrogen) atoms. The molecule has 0 amide bonds. The second kappa shape index (κ2) is 6.44. The highest BCUT2D eigenvalue weighted by Gasteiger charge is 2.27. The number of carboxylic acids is 1. The minimum absolute atomic E-state index is 0.230. The monoisotopic (exact) mass is 313 g/mol. The van der Waals surface area contributed by atoms with Crippen LogP contribution in [0.15, 0.2) is 29.2 Å². The van der Waals surface area contributed by atoms with Gasteiger partial charge in [-0.1, -0.05) is 0 Å². The Morgan fingerprint density at radius 3 is 2.48 bits per heavy atom. The molecule has 0 spiro atoms. The molecule has 1 aliphatic carbocycles. The molecule has 0 radical (unpaired) electrons. The molecule has 2 rings (SSSR count). The van der Waals surface area contributed by atoms with Crippen LogP contribution in [0.4, 0.5) is 0 Å². The molecule has 7 heteroatoms. The first kappa shape index (κ1) is 15.8. The third-order valence-electron chi connectivity index (χ3n) is 3.24. The first-order valence-electron chi connectivity index (χ1n) is 6.78. The maximum atomic E-state index is 11.3. The highest BCUT2D eigenvalue weighted by molar-refractivity contribution is 7.90. The summed E-state index contributed by atoms with van der Waals surface area (Å²) in [6.07, 6.45) is 3.55. The zero-order chi connectivity index (χ0) is 15.5. The summed E-state index contributed by atoms with van der Waals surface area (Å²) in [6.45, 7) is 0.259. The molecular formula is C14H19NO5S. The van der Waals surface area contributed by atoms with E-state index in [2.05, 4.69) is 5.32 Å². The normalized spacial score (nSPS) is 16.4. The van der Waals surface area contributed by atoms with Gasteiger partial charge in [0.05, 0.1) is 11.5 Å². The molecule has 6 nitrogen and oxygen atoms in total. The van der Waals surface area contributed by atoms with E-state index in [1.165, 1.54) is 12.1 Å². The van der Waals surface area contributed by atoms with Gasteiger partial charge in [0, 0.05) is 18.7 Å². The van der Waals surface area contributed by atoms with Crippen molar-refractivity contribution in [3.05, 3.63) is 24.3 Å². The highest BCUT2D eigenvalue weighted by atomic mass is 32.2. The molecule has 0 heterocycles. The van der Waals surface area contributed by atoms with Gasteiger partial charge >= 0.3 is 5.97 Å². The van der Waals surface area contributed by atoms with Crippen molar-refractivity contribution in [1.29, 1.82) is 0 Å². The SMILES string of the molecule is CS(=O)(=O)c1ccc(OCCC(NC2CC2)C(=O)O)cc1. The lowest BCUT2D eigenvalue weighted by Gasteiger charge is -2.14. The molecule has 1 unspecified atom stereocenters. The topological polar surface area (TPSA) is 92.7 Å². The number of carboxylic acid groups (broad SMARTS) is 1. The number of ether oxygens (including phenoxy) is 1. The van der Waals surface area contributed by atoms with Crippen LogP contribution in [0.25, 0.3) is 0 Å². The van der Waals surface area contributed by atoms with Crippen molar-refractivity contribution in [2.45, 2.75) is 36.2 Å². The molecule has 0 aromatic heterocycles. The Labute approximate surface area is 124 Å². The van der Waals surface area contributed by atoms with E-state index in [0.717, 1.165) is 19.1 Å². The smallest absolute Gasteiger partial charge is 0.320 e. The Balaban J connectivity index is 1.83. The second-order valence-electron chi connectivity index (χ2n) is 5.21. The Morgan fingerprint density at radius 1 is 1.38 bits per heavy atom. The van der Waals surface area contributed by atoms with Crippen LogP contribution in [-0.2, 0) is 14.6 Å². The van der Waals surface area contributed by atoms with E-state index in [1.54, 1.807) is 12.1 Å². The van der Waals surface area contributed by atoms with Gasteiger partial charge in [0.2, 0.25) is 0 Å². The lowest BCUT2D eigenvalue weighted by molar-refractivity contribution is -0.139. The minimum atomic E-state index is -3.21. The van der Waals surface area contributed by atoms with Crippen molar-refractivity contribution in [1.82, 2.24) is 5.32 Å². The Kier molecular flexibility index (Phi) is 4.84. The largest absolute Gasteiger partial charge is 0.494 e. The fourth-order valence-electron chi connectivity index (χ4n) is 1.89. The van der Waals surface area contributed by atoms with Gasteiger partial charge in [0.1, 0.15) is 11.8 Å². The number of rotatable bonds is 8. The Hall–Kier alpha value is -1.60. The second-order valence-corrected chi connectivity index (χ2v) is 7.23. The summed E-state index contributed by atoms with van der Waals surface area (Å²) in [4.78, 5) is 11.3. The first-order valence-corrected chi connectivity index (χ1v) is 8.67. The third kappa shape index (κ3) is 5.02. The van der Waals surface area contributed by atoms with Crippen molar-refractivity contribution in [2.24, 2.45) is 0 Å². The first-order chi connectivity index (χ1) is 9.86. The predicted octanol–water partition coefficient (Wildman–Crippen LogP) is 1.06. The van der Waals surface area contributed by atoms with Crippen molar-refractivity contribution in [3.63, 3.8) is 0 Å². The van der Waals surface area contributed by atoms with Crippen LogP contribution in [0.3, 0.4) is 0 Å². The Bertz CT molecular complexity index is 592. The molecule has 1 atom stereocenters. The average molecular weight is 313 g/mol. The number of nitrogens with one attached hydrogen (secondary N) is 1. The molecule has 0 aliphatic heterocycles. The van der Waals surface area contributed by atoms with Crippen molar-refractivity contribution < 1.29 is 23.1 Å². The number of sulfone groups is 1. The fourth-order valence-corrected chi connectivity index (χ4v) is 2.52. The summed E-state index contributed by atoms with van der Waals surface area (Å²) in [7, 11) is -3.21. The molecule has 1 fully saturated rings. The summed E-state index contributed by atoms with van der Waals surface area (Å²) in [5.74, 6) is -0.351. The van der Waals surface area contributed by atoms with Crippen molar-refractivity contribution in [2.75, 3.05) is 12.9 Å². The molecule has 116 valence electrons. The van der Waals surface area contributed by atoms with Gasteiger partial charge in [0.15, 0.2) is 9.84 Å². The van der Waals surface area contributed by atoms with Gasteiger partial charge < -0.3 is 15.2 Å². The lowest BCUT2D eigenvalue weighted by atomic mass is 10.2. The van der Waals surface area contributed by atoms with Crippen LogP contribution >= 0.6 is 0 Å². The highest BCUT2D eigenvalue weighted by Crippen LogP contribution is 2.20. The van der Waals surface area contributed by atoms with E-state index >= 15 is 0 Å². The summed E-state index contributed by atoms with van der Waals surface area (Å²) in [5, 5.41) is 12.1. The molecule has 0 saturated heterocycles. The number of hydrogen-bond donors (Lipinski definition) is 2. The summed E-state index contributed by atoms with van der Waals surface area (Å²) in [5.41, 5.74) is 0. The van der Waals surface area contributed by atoms with Gasteiger partial charge in [-0.25, -0.2) is 8.42 Å². The van der Waals surface area contributed by atoms with E-state index in [4.69, 9.17) is 9.84 Å². The zero-order valence-electron chi connectivity index (χ0n) is 11.8. The van der Waals surface area contributed by atoms with Gasteiger partial charge in [-0.3, -0.25) is 4.79 Å². The van der Waals surface area contributed by atoms with Gasteiger partial charge in [-0.05, 0) is 37.1 Å². The number of hydrogen-bond acceptors (Lipinski definition) is 5. The van der Waals surface area contributed by atoms with Gasteiger partial charge in [0.25, 0.3) is 0 Å².